The summed E-state index contributed by atoms with van der Waals surface area (Å²) in [6, 6.07) is 2.03. The summed E-state index contributed by atoms with van der Waals surface area (Å²) in [5, 5.41) is 2.84. The van der Waals surface area contributed by atoms with Crippen LogP contribution in [0.3, 0.4) is 0 Å². The maximum absolute atomic E-state index is 12.9. The van der Waals surface area contributed by atoms with E-state index < -0.39 is 11.6 Å². The Morgan fingerprint density at radius 1 is 1.33 bits per heavy atom. The first-order chi connectivity index (χ1) is 5.77. The van der Waals surface area contributed by atoms with Gasteiger partial charge < -0.3 is 10.1 Å². The van der Waals surface area contributed by atoms with Crippen molar-refractivity contribution in [1.82, 2.24) is 0 Å². The van der Waals surface area contributed by atoms with Crippen molar-refractivity contribution < 1.29 is 13.5 Å². The molecule has 4 heteroatoms. The topological polar surface area (TPSA) is 21.3 Å². The zero-order valence-electron chi connectivity index (χ0n) is 6.23. The zero-order chi connectivity index (χ0) is 8.55. The highest BCUT2D eigenvalue weighted by Crippen LogP contribution is 2.30. The van der Waals surface area contributed by atoms with Gasteiger partial charge in [0.2, 0.25) is 0 Å². The van der Waals surface area contributed by atoms with Crippen LogP contribution in [0.2, 0.25) is 0 Å². The van der Waals surface area contributed by atoms with Crippen LogP contribution in [0.1, 0.15) is 0 Å². The summed E-state index contributed by atoms with van der Waals surface area (Å²) in [4.78, 5) is 0. The maximum atomic E-state index is 12.9. The largest absolute Gasteiger partial charge is 0.486 e. The van der Waals surface area contributed by atoms with Gasteiger partial charge in [-0.3, -0.25) is 0 Å². The fourth-order valence-corrected chi connectivity index (χ4v) is 1.18. The molecular formula is C8H7F2NO. The molecule has 64 valence electrons. The minimum absolute atomic E-state index is 0.114. The van der Waals surface area contributed by atoms with Gasteiger partial charge in [-0.25, -0.2) is 8.78 Å². The van der Waals surface area contributed by atoms with E-state index in [1.54, 1.807) is 0 Å². The minimum Gasteiger partial charge on any atom is -0.486 e. The summed E-state index contributed by atoms with van der Waals surface area (Å²) in [6.45, 7) is 0.992. The van der Waals surface area contributed by atoms with Crippen LogP contribution in [-0.4, -0.2) is 13.2 Å². The van der Waals surface area contributed by atoms with Gasteiger partial charge in [0.05, 0.1) is 5.69 Å². The van der Waals surface area contributed by atoms with E-state index >= 15 is 0 Å². The highest BCUT2D eigenvalue weighted by atomic mass is 19.1. The summed E-state index contributed by atoms with van der Waals surface area (Å²) in [7, 11) is 0. The molecule has 2 rings (SSSR count). The fourth-order valence-electron chi connectivity index (χ4n) is 1.18. The van der Waals surface area contributed by atoms with Gasteiger partial charge >= 0.3 is 0 Å². The molecule has 0 fully saturated rings. The van der Waals surface area contributed by atoms with E-state index in [2.05, 4.69) is 5.32 Å². The van der Waals surface area contributed by atoms with Crippen molar-refractivity contribution in [2.24, 2.45) is 0 Å². The Kier molecular flexibility index (Phi) is 1.60. The molecule has 0 spiro atoms. The molecule has 1 aromatic rings. The van der Waals surface area contributed by atoms with Gasteiger partial charge in [-0.05, 0) is 0 Å². The van der Waals surface area contributed by atoms with Gasteiger partial charge in [0.1, 0.15) is 12.4 Å². The van der Waals surface area contributed by atoms with Gasteiger partial charge in [0.25, 0.3) is 0 Å². The second-order valence-corrected chi connectivity index (χ2v) is 2.54. The van der Waals surface area contributed by atoms with Gasteiger partial charge in [0.15, 0.2) is 11.6 Å². The Labute approximate surface area is 68.1 Å². The third-order valence-electron chi connectivity index (χ3n) is 1.67. The first-order valence-electron chi connectivity index (χ1n) is 3.63. The van der Waals surface area contributed by atoms with E-state index in [-0.39, 0.29) is 5.75 Å². The van der Waals surface area contributed by atoms with Crippen molar-refractivity contribution in [3.8, 4) is 5.75 Å². The number of nitrogens with one attached hydrogen (secondary N) is 1. The normalized spacial score (nSPS) is 14.5. The fraction of sp³-hybridized carbons (Fsp3) is 0.250. The van der Waals surface area contributed by atoms with Gasteiger partial charge in [-0.2, -0.15) is 0 Å². The molecule has 1 aromatic carbocycles. The van der Waals surface area contributed by atoms with Crippen LogP contribution in [0.5, 0.6) is 5.75 Å². The molecule has 0 radical (unpaired) electrons. The van der Waals surface area contributed by atoms with Crippen LogP contribution < -0.4 is 10.1 Å². The van der Waals surface area contributed by atoms with Crippen LogP contribution >= 0.6 is 0 Å². The highest BCUT2D eigenvalue weighted by molar-refractivity contribution is 5.58. The number of ether oxygens (including phenoxy) is 1. The number of fused-ring (bicyclic) bond motifs is 1. The third kappa shape index (κ3) is 1.09. The van der Waals surface area contributed by atoms with Crippen molar-refractivity contribution in [3.63, 3.8) is 0 Å². The Hall–Kier alpha value is -1.32. The zero-order valence-corrected chi connectivity index (χ0v) is 6.23. The summed E-state index contributed by atoms with van der Waals surface area (Å²) >= 11 is 0. The molecule has 12 heavy (non-hydrogen) atoms. The number of benzene rings is 1. The maximum Gasteiger partial charge on any atom is 0.178 e. The Morgan fingerprint density at radius 2 is 2.17 bits per heavy atom. The molecule has 1 N–H and O–H groups in total. The highest BCUT2D eigenvalue weighted by Gasteiger charge is 2.15. The molecule has 0 aromatic heterocycles. The number of rotatable bonds is 0. The predicted octanol–water partition coefficient (Wildman–Crippen LogP) is 1.77. The smallest absolute Gasteiger partial charge is 0.178 e. The van der Waals surface area contributed by atoms with E-state index in [9.17, 15) is 8.78 Å². The van der Waals surface area contributed by atoms with Crippen LogP contribution in [0.15, 0.2) is 12.1 Å². The van der Waals surface area contributed by atoms with E-state index in [4.69, 9.17) is 4.74 Å². The van der Waals surface area contributed by atoms with E-state index in [0.717, 1.165) is 6.07 Å². The van der Waals surface area contributed by atoms with E-state index in [0.29, 0.717) is 18.8 Å². The lowest BCUT2D eigenvalue weighted by Gasteiger charge is -2.19. The lowest BCUT2D eigenvalue weighted by molar-refractivity contribution is 0.305. The molecule has 0 amide bonds. The van der Waals surface area contributed by atoms with E-state index in [1.165, 1.54) is 6.07 Å². The van der Waals surface area contributed by atoms with Crippen LogP contribution in [0, 0.1) is 11.6 Å². The van der Waals surface area contributed by atoms with Crippen molar-refractivity contribution in [2.45, 2.75) is 0 Å². The van der Waals surface area contributed by atoms with Crippen molar-refractivity contribution in [1.29, 1.82) is 0 Å². The lowest BCUT2D eigenvalue weighted by atomic mass is 10.2. The number of halogens is 2. The molecule has 0 bridgehead atoms. The number of anilines is 1. The van der Waals surface area contributed by atoms with Gasteiger partial charge in [0, 0.05) is 18.7 Å². The summed E-state index contributed by atoms with van der Waals surface area (Å²) in [5.74, 6) is -1.14. The monoisotopic (exact) mass is 171 g/mol. The second-order valence-electron chi connectivity index (χ2n) is 2.54. The summed E-state index contributed by atoms with van der Waals surface area (Å²) in [6.07, 6.45) is 0. The first kappa shape index (κ1) is 7.34. The number of hydrogen-bond acceptors (Lipinski definition) is 2. The van der Waals surface area contributed by atoms with Crippen molar-refractivity contribution in [2.75, 3.05) is 18.5 Å². The number of hydrogen-bond donors (Lipinski definition) is 1. The predicted molar refractivity (Wildman–Crippen MR) is 40.3 cm³/mol. The van der Waals surface area contributed by atoms with Gasteiger partial charge in [-0.1, -0.05) is 0 Å². The molecule has 0 atom stereocenters. The van der Waals surface area contributed by atoms with Crippen molar-refractivity contribution in [3.05, 3.63) is 23.8 Å². The lowest BCUT2D eigenvalue weighted by Crippen LogP contribution is -2.19. The minimum atomic E-state index is -0.655. The molecule has 0 saturated carbocycles. The Bertz CT molecular complexity index is 314. The molecule has 1 aliphatic rings. The average Bonchev–Trinajstić information content (AvgIpc) is 2.04. The summed E-state index contributed by atoms with van der Waals surface area (Å²) in [5.41, 5.74) is 0.388. The summed E-state index contributed by atoms with van der Waals surface area (Å²) < 4.78 is 30.6. The molecule has 0 aliphatic carbocycles. The first-order valence-corrected chi connectivity index (χ1v) is 3.63. The molecular weight excluding hydrogens is 164 g/mol. The quantitative estimate of drug-likeness (QED) is 0.642. The standard InChI is InChI=1S/C8H7F2NO/c9-5-3-6(10)8-7(4-5)11-1-2-12-8/h3-4,11H,1-2H2. The molecule has 1 aliphatic heterocycles. The van der Waals surface area contributed by atoms with Crippen molar-refractivity contribution >= 4 is 5.69 Å². The molecule has 0 unspecified atom stereocenters. The average molecular weight is 171 g/mol. The van der Waals surface area contributed by atoms with Crippen LogP contribution in [0.4, 0.5) is 14.5 Å². The second kappa shape index (κ2) is 2.62. The SMILES string of the molecule is Fc1cc(F)c2c(c1)NCCO2. The molecule has 0 saturated heterocycles. The molecule has 1 heterocycles. The Morgan fingerprint density at radius 3 is 3.00 bits per heavy atom. The van der Waals surface area contributed by atoms with Crippen LogP contribution in [-0.2, 0) is 0 Å². The third-order valence-corrected chi connectivity index (χ3v) is 1.67. The van der Waals surface area contributed by atoms with Gasteiger partial charge in [-0.15, -0.1) is 0 Å². The molecule has 2 nitrogen and oxygen atoms in total. The Balaban J connectivity index is 2.53. The van der Waals surface area contributed by atoms with E-state index in [1.807, 2.05) is 0 Å². The van der Waals surface area contributed by atoms with Crippen LogP contribution in [0.25, 0.3) is 0 Å².